The predicted octanol–water partition coefficient (Wildman–Crippen LogP) is 6.25. The van der Waals surface area contributed by atoms with E-state index in [1.165, 1.54) is 18.2 Å². The number of carbonyl (C=O) groups excluding carboxylic acids is 3. The number of halogens is 2. The van der Waals surface area contributed by atoms with Gasteiger partial charge in [0.05, 0.1) is 6.61 Å². The fourth-order valence-electron chi connectivity index (χ4n) is 5.65. The number of hydrogen-bond acceptors (Lipinski definition) is 8. The minimum absolute atomic E-state index is 0.0188. The second kappa shape index (κ2) is 13.8. The van der Waals surface area contributed by atoms with Gasteiger partial charge in [-0.15, -0.1) is 0 Å². The van der Waals surface area contributed by atoms with E-state index in [0.717, 1.165) is 44.9 Å². The molecule has 2 aliphatic carbocycles. The Kier molecular flexibility index (Phi) is 10.5. The third kappa shape index (κ3) is 8.27. The maximum absolute atomic E-state index is 14.0. The van der Waals surface area contributed by atoms with Gasteiger partial charge in [-0.05, 0) is 62.1 Å². The highest BCUT2D eigenvalue weighted by Gasteiger charge is 2.49. The Morgan fingerprint density at radius 3 is 2.35 bits per heavy atom. The van der Waals surface area contributed by atoms with Crippen molar-refractivity contribution in [3.8, 4) is 23.0 Å². The zero-order valence-corrected chi connectivity index (χ0v) is 27.5. The summed E-state index contributed by atoms with van der Waals surface area (Å²) in [5.41, 5.74) is 2.87. The molecule has 0 spiro atoms. The molecule has 1 aromatic heterocycles. The van der Waals surface area contributed by atoms with Crippen LogP contribution in [0.25, 0.3) is 11.5 Å². The van der Waals surface area contributed by atoms with Crippen LogP contribution in [-0.2, 0) is 15.1 Å². The van der Waals surface area contributed by atoms with E-state index in [1.807, 2.05) is 0 Å². The number of carbonyl (C=O) groups is 3. The van der Waals surface area contributed by atoms with Crippen molar-refractivity contribution in [3.63, 3.8) is 0 Å². The van der Waals surface area contributed by atoms with Crippen LogP contribution in [0.15, 0.2) is 22.6 Å². The SMILES string of the molecule is CN(C)C(=O)CC1(CNC(=O)c2nc(-c3ccc(OC(F)F)c(OCC4CC4)c3)oc2C(C)(OC(N)=O)C(C)(C)C)CCCCC1. The summed E-state index contributed by atoms with van der Waals surface area (Å²) in [4.78, 5) is 45.0. The lowest BCUT2D eigenvalue weighted by Gasteiger charge is -2.39. The van der Waals surface area contributed by atoms with Crippen LogP contribution in [0.5, 0.6) is 11.5 Å². The zero-order valence-electron chi connectivity index (χ0n) is 27.5. The van der Waals surface area contributed by atoms with E-state index in [0.29, 0.717) is 24.5 Å². The van der Waals surface area contributed by atoms with E-state index in [2.05, 4.69) is 15.0 Å². The normalized spacial score (nSPS) is 17.6. The van der Waals surface area contributed by atoms with Crippen molar-refractivity contribution in [3.05, 3.63) is 29.7 Å². The van der Waals surface area contributed by atoms with E-state index in [9.17, 15) is 23.2 Å². The van der Waals surface area contributed by atoms with E-state index in [4.69, 9.17) is 19.6 Å². The minimum Gasteiger partial charge on any atom is -0.489 e. The Balaban J connectivity index is 1.74. The van der Waals surface area contributed by atoms with Crippen LogP contribution < -0.4 is 20.5 Å². The molecule has 2 saturated carbocycles. The fraction of sp³-hybridized carbons (Fsp3) is 0.636. The Morgan fingerprint density at radius 2 is 1.78 bits per heavy atom. The third-order valence-electron chi connectivity index (χ3n) is 9.15. The highest BCUT2D eigenvalue weighted by molar-refractivity contribution is 5.94. The number of primary amides is 1. The van der Waals surface area contributed by atoms with Crippen LogP contribution in [-0.4, -0.2) is 61.6 Å². The molecule has 0 saturated heterocycles. The summed E-state index contributed by atoms with van der Waals surface area (Å²) in [7, 11) is 3.42. The van der Waals surface area contributed by atoms with Gasteiger partial charge in [0.15, 0.2) is 28.6 Å². The molecule has 4 rings (SSSR count). The number of nitrogens with two attached hydrogens (primary N) is 1. The van der Waals surface area contributed by atoms with Crippen LogP contribution >= 0.6 is 0 Å². The van der Waals surface area contributed by atoms with E-state index >= 15 is 0 Å². The number of amides is 3. The first-order valence-electron chi connectivity index (χ1n) is 15.7. The molecule has 13 heteroatoms. The minimum atomic E-state index is -3.06. The lowest BCUT2D eigenvalue weighted by Crippen LogP contribution is -2.45. The smallest absolute Gasteiger partial charge is 0.405 e. The van der Waals surface area contributed by atoms with Crippen molar-refractivity contribution < 1.29 is 41.8 Å². The summed E-state index contributed by atoms with van der Waals surface area (Å²) in [5, 5.41) is 2.99. The number of rotatable bonds is 13. The molecular formula is C33H46F2N4O7. The summed E-state index contributed by atoms with van der Waals surface area (Å²) in [5.74, 6) is -0.405. The lowest BCUT2D eigenvalue weighted by molar-refractivity contribution is -0.131. The average Bonchev–Trinajstić information content (AvgIpc) is 3.69. The van der Waals surface area contributed by atoms with Gasteiger partial charge in [-0.2, -0.15) is 8.78 Å². The molecular weight excluding hydrogens is 602 g/mol. The summed E-state index contributed by atoms with van der Waals surface area (Å²) in [6.07, 6.45) is 5.71. The molecule has 1 atom stereocenters. The Bertz CT molecular complexity index is 1410. The maximum Gasteiger partial charge on any atom is 0.405 e. The Hall–Kier alpha value is -3.90. The fourth-order valence-corrected chi connectivity index (χ4v) is 5.65. The molecule has 3 N–H and O–H groups in total. The molecule has 0 radical (unpaired) electrons. The molecule has 1 aromatic carbocycles. The molecule has 254 valence electrons. The first-order valence-corrected chi connectivity index (χ1v) is 15.7. The van der Waals surface area contributed by atoms with Gasteiger partial charge in [-0.3, -0.25) is 9.59 Å². The summed E-state index contributed by atoms with van der Waals surface area (Å²) >= 11 is 0. The summed E-state index contributed by atoms with van der Waals surface area (Å²) < 4.78 is 48.6. The quantitative estimate of drug-likeness (QED) is 0.259. The number of hydrogen-bond donors (Lipinski definition) is 2. The van der Waals surface area contributed by atoms with Crippen molar-refractivity contribution in [2.75, 3.05) is 27.2 Å². The van der Waals surface area contributed by atoms with Gasteiger partial charge >= 0.3 is 12.7 Å². The van der Waals surface area contributed by atoms with Crippen molar-refractivity contribution in [2.45, 2.75) is 91.3 Å². The number of nitrogens with one attached hydrogen (secondary N) is 1. The topological polar surface area (TPSA) is 146 Å². The van der Waals surface area contributed by atoms with E-state index in [-0.39, 0.29) is 41.3 Å². The highest BCUT2D eigenvalue weighted by atomic mass is 19.3. The second-order valence-electron chi connectivity index (χ2n) is 13.9. The number of oxazole rings is 1. The Labute approximate surface area is 268 Å². The van der Waals surface area contributed by atoms with Gasteiger partial charge in [-0.1, -0.05) is 40.0 Å². The molecule has 46 heavy (non-hydrogen) atoms. The molecule has 2 fully saturated rings. The van der Waals surface area contributed by atoms with Gasteiger partial charge in [0, 0.05) is 38.0 Å². The van der Waals surface area contributed by atoms with Crippen molar-refractivity contribution in [2.24, 2.45) is 22.5 Å². The maximum atomic E-state index is 14.0. The lowest BCUT2D eigenvalue weighted by atomic mass is 9.71. The van der Waals surface area contributed by atoms with Crippen LogP contribution in [0.1, 0.15) is 95.3 Å². The van der Waals surface area contributed by atoms with Crippen molar-refractivity contribution in [1.82, 2.24) is 15.2 Å². The standard InChI is InChI=1S/C33H46F2N4O7/c1-31(2,3)32(4,46-30(36)42)26-25(27(41)37-19-33(14-8-7-9-15-33)17-24(40)39(5)6)38-28(45-26)21-12-13-22(44-29(34)35)23(16-21)43-18-20-10-11-20/h12-13,16,20,29H,7-11,14-15,17-19H2,1-6H3,(H2,36,42)(H,37,41). The highest BCUT2D eigenvalue weighted by Crippen LogP contribution is 2.46. The molecule has 1 heterocycles. The zero-order chi connectivity index (χ0) is 33.9. The molecule has 1 unspecified atom stereocenters. The number of alkyl halides is 2. The van der Waals surface area contributed by atoms with Crippen molar-refractivity contribution >= 4 is 17.9 Å². The first kappa shape index (κ1) is 35.0. The molecule has 0 aliphatic heterocycles. The Morgan fingerprint density at radius 1 is 1.11 bits per heavy atom. The van der Waals surface area contributed by atoms with Crippen LogP contribution in [0.3, 0.4) is 0 Å². The third-order valence-corrected chi connectivity index (χ3v) is 9.15. The second-order valence-corrected chi connectivity index (χ2v) is 13.9. The molecule has 0 bridgehead atoms. The van der Waals surface area contributed by atoms with E-state index < -0.39 is 35.0 Å². The summed E-state index contributed by atoms with van der Waals surface area (Å²) in [6.45, 7) is 4.48. The van der Waals surface area contributed by atoms with Crippen LogP contribution in [0.2, 0.25) is 0 Å². The largest absolute Gasteiger partial charge is 0.489 e. The number of aromatic nitrogens is 1. The monoisotopic (exact) mass is 648 g/mol. The van der Waals surface area contributed by atoms with Crippen molar-refractivity contribution in [1.29, 1.82) is 0 Å². The molecule has 2 aliphatic rings. The van der Waals surface area contributed by atoms with E-state index in [1.54, 1.807) is 46.7 Å². The van der Waals surface area contributed by atoms with Gasteiger partial charge in [-0.25, -0.2) is 9.78 Å². The molecule has 11 nitrogen and oxygen atoms in total. The van der Waals surface area contributed by atoms with Crippen LogP contribution in [0.4, 0.5) is 13.6 Å². The van der Waals surface area contributed by atoms with Gasteiger partial charge in [0.1, 0.15) is 0 Å². The number of ether oxygens (including phenoxy) is 3. The van der Waals surface area contributed by atoms with Crippen LogP contribution in [0, 0.1) is 16.7 Å². The molecule has 2 aromatic rings. The first-order chi connectivity index (χ1) is 21.5. The number of benzene rings is 1. The van der Waals surface area contributed by atoms with Gasteiger partial charge < -0.3 is 34.6 Å². The van der Waals surface area contributed by atoms with Gasteiger partial charge in [0.2, 0.25) is 11.8 Å². The van der Waals surface area contributed by atoms with Gasteiger partial charge in [0.25, 0.3) is 5.91 Å². The average molecular weight is 649 g/mol. The summed E-state index contributed by atoms with van der Waals surface area (Å²) in [6, 6.07) is 4.25. The molecule has 3 amide bonds. The number of nitrogens with zero attached hydrogens (tertiary/aromatic N) is 2. The predicted molar refractivity (Wildman–Crippen MR) is 165 cm³/mol.